The molecule has 0 saturated heterocycles. The summed E-state index contributed by atoms with van der Waals surface area (Å²) in [6.07, 6.45) is 1.91. The first-order chi connectivity index (χ1) is 10.2. The Bertz CT molecular complexity index is 461. The van der Waals surface area contributed by atoms with E-state index in [1.54, 1.807) is 12.1 Å². The highest BCUT2D eigenvalue weighted by molar-refractivity contribution is 14.0. The molecule has 0 amide bonds. The van der Waals surface area contributed by atoms with Crippen LogP contribution in [0.3, 0.4) is 0 Å². The van der Waals surface area contributed by atoms with E-state index < -0.39 is 0 Å². The summed E-state index contributed by atoms with van der Waals surface area (Å²) in [4.78, 5) is 15.8. The molecule has 0 radical (unpaired) electrons. The molecule has 1 rings (SSSR count). The third-order valence-electron chi connectivity index (χ3n) is 2.92. The second-order valence-corrected chi connectivity index (χ2v) is 4.63. The fraction of sp³-hybridized carbons (Fsp3) is 0.500. The lowest BCUT2D eigenvalue weighted by molar-refractivity contribution is 0.0600. The van der Waals surface area contributed by atoms with Crippen LogP contribution in [0.15, 0.2) is 29.3 Å². The van der Waals surface area contributed by atoms with Gasteiger partial charge < -0.3 is 15.4 Å². The Hall–Kier alpha value is -1.31. The summed E-state index contributed by atoms with van der Waals surface area (Å²) >= 11 is 0. The Balaban J connectivity index is 0.00000441. The topological polar surface area (TPSA) is 62.7 Å². The van der Waals surface area contributed by atoms with Crippen molar-refractivity contribution in [2.24, 2.45) is 4.99 Å². The molecule has 2 N–H and O–H groups in total. The van der Waals surface area contributed by atoms with Gasteiger partial charge in [-0.25, -0.2) is 4.79 Å². The van der Waals surface area contributed by atoms with Gasteiger partial charge in [-0.05, 0) is 37.5 Å². The van der Waals surface area contributed by atoms with Gasteiger partial charge >= 0.3 is 5.97 Å². The van der Waals surface area contributed by atoms with Gasteiger partial charge in [0.05, 0.1) is 12.7 Å². The third-order valence-corrected chi connectivity index (χ3v) is 2.92. The zero-order valence-corrected chi connectivity index (χ0v) is 15.8. The number of nitrogens with one attached hydrogen (secondary N) is 2. The summed E-state index contributed by atoms with van der Waals surface area (Å²) in [5.74, 6) is 0.548. The summed E-state index contributed by atoms with van der Waals surface area (Å²) < 4.78 is 4.68. The first kappa shape index (κ1) is 20.7. The smallest absolute Gasteiger partial charge is 0.337 e. The predicted octanol–water partition coefficient (Wildman–Crippen LogP) is 2.60. The van der Waals surface area contributed by atoms with Crippen molar-refractivity contribution in [3.05, 3.63) is 35.4 Å². The minimum atomic E-state index is -0.305. The lowest BCUT2D eigenvalue weighted by Gasteiger charge is -2.11. The molecule has 5 nitrogen and oxygen atoms in total. The molecular formula is C16H26IN3O2. The maximum absolute atomic E-state index is 11.3. The largest absolute Gasteiger partial charge is 0.465 e. The summed E-state index contributed by atoms with van der Waals surface area (Å²) in [5, 5.41) is 6.51. The molecule has 0 fully saturated rings. The van der Waals surface area contributed by atoms with Crippen LogP contribution in [-0.4, -0.2) is 38.7 Å². The van der Waals surface area contributed by atoms with Gasteiger partial charge in [0.15, 0.2) is 5.96 Å². The van der Waals surface area contributed by atoms with Crippen LogP contribution in [0.2, 0.25) is 0 Å². The standard InChI is InChI=1S/C16H25N3O2.HI/c1-4-11-18-16(17-5-2)19-12-10-13-6-8-14(9-7-13)15(20)21-3;/h6-9H,4-5,10-12H2,1-3H3,(H2,17,18,19);1H. The van der Waals surface area contributed by atoms with Crippen molar-refractivity contribution < 1.29 is 9.53 Å². The number of carbonyl (C=O) groups excluding carboxylic acids is 1. The molecule has 0 saturated carbocycles. The summed E-state index contributed by atoms with van der Waals surface area (Å²) in [6.45, 7) is 6.63. The van der Waals surface area contributed by atoms with Crippen molar-refractivity contribution >= 4 is 35.9 Å². The van der Waals surface area contributed by atoms with Crippen molar-refractivity contribution in [3.63, 3.8) is 0 Å². The number of rotatable bonds is 7. The zero-order valence-electron chi connectivity index (χ0n) is 13.5. The van der Waals surface area contributed by atoms with Crippen LogP contribution < -0.4 is 10.6 Å². The first-order valence-electron chi connectivity index (χ1n) is 7.40. The van der Waals surface area contributed by atoms with Crippen LogP contribution in [0.4, 0.5) is 0 Å². The Kier molecular flexibility index (Phi) is 11.5. The number of aliphatic imine (C=N–C) groups is 1. The van der Waals surface area contributed by atoms with E-state index in [1.165, 1.54) is 12.7 Å². The van der Waals surface area contributed by atoms with Crippen LogP contribution >= 0.6 is 24.0 Å². The number of ether oxygens (including phenoxy) is 1. The van der Waals surface area contributed by atoms with Gasteiger partial charge in [0.1, 0.15) is 0 Å². The minimum Gasteiger partial charge on any atom is -0.465 e. The lowest BCUT2D eigenvalue weighted by atomic mass is 10.1. The molecular weight excluding hydrogens is 393 g/mol. The van der Waals surface area contributed by atoms with Gasteiger partial charge in [-0.3, -0.25) is 4.99 Å². The van der Waals surface area contributed by atoms with E-state index in [9.17, 15) is 4.79 Å². The van der Waals surface area contributed by atoms with E-state index in [1.807, 2.05) is 12.1 Å². The molecule has 0 bridgehead atoms. The molecule has 0 aliphatic carbocycles. The normalized spacial score (nSPS) is 10.6. The summed E-state index contributed by atoms with van der Waals surface area (Å²) in [6, 6.07) is 7.48. The predicted molar refractivity (Wildman–Crippen MR) is 101 cm³/mol. The van der Waals surface area contributed by atoms with Gasteiger partial charge in [-0.1, -0.05) is 19.1 Å². The minimum absolute atomic E-state index is 0. The molecule has 0 aliphatic rings. The van der Waals surface area contributed by atoms with Crippen molar-refractivity contribution in [1.82, 2.24) is 10.6 Å². The molecule has 1 aromatic rings. The molecule has 0 atom stereocenters. The van der Waals surface area contributed by atoms with E-state index in [0.29, 0.717) is 5.56 Å². The number of methoxy groups -OCH3 is 1. The number of hydrogen-bond acceptors (Lipinski definition) is 3. The van der Waals surface area contributed by atoms with E-state index in [-0.39, 0.29) is 29.9 Å². The molecule has 124 valence electrons. The number of esters is 1. The van der Waals surface area contributed by atoms with Crippen molar-refractivity contribution in [2.75, 3.05) is 26.7 Å². The number of benzene rings is 1. The van der Waals surface area contributed by atoms with Gasteiger partial charge in [-0.2, -0.15) is 0 Å². The quantitative estimate of drug-likeness (QED) is 0.309. The highest BCUT2D eigenvalue weighted by Gasteiger charge is 2.04. The molecule has 1 aromatic carbocycles. The number of halogens is 1. The monoisotopic (exact) mass is 419 g/mol. The van der Waals surface area contributed by atoms with E-state index in [4.69, 9.17) is 0 Å². The highest BCUT2D eigenvalue weighted by atomic mass is 127. The van der Waals surface area contributed by atoms with Gasteiger partial charge in [0, 0.05) is 19.6 Å². The first-order valence-corrected chi connectivity index (χ1v) is 7.40. The molecule has 22 heavy (non-hydrogen) atoms. The maximum Gasteiger partial charge on any atom is 0.337 e. The SMILES string of the molecule is CCCN=C(NCC)NCCc1ccc(C(=O)OC)cc1.I. The molecule has 0 aromatic heterocycles. The van der Waals surface area contributed by atoms with Crippen LogP contribution in [-0.2, 0) is 11.2 Å². The second kappa shape index (κ2) is 12.3. The third kappa shape index (κ3) is 7.63. The van der Waals surface area contributed by atoms with Crippen molar-refractivity contribution in [1.29, 1.82) is 0 Å². The van der Waals surface area contributed by atoms with Crippen LogP contribution in [0, 0.1) is 0 Å². The Labute approximate surface area is 149 Å². The number of carbonyl (C=O) groups is 1. The van der Waals surface area contributed by atoms with E-state index in [2.05, 4.69) is 34.2 Å². The highest BCUT2D eigenvalue weighted by Crippen LogP contribution is 2.06. The maximum atomic E-state index is 11.3. The average Bonchev–Trinajstić information content (AvgIpc) is 2.52. The summed E-state index contributed by atoms with van der Waals surface area (Å²) in [5.41, 5.74) is 1.74. The van der Waals surface area contributed by atoms with Crippen LogP contribution in [0.25, 0.3) is 0 Å². The Morgan fingerprint density at radius 3 is 2.41 bits per heavy atom. The number of hydrogen-bond donors (Lipinski definition) is 2. The zero-order chi connectivity index (χ0) is 15.5. The second-order valence-electron chi connectivity index (χ2n) is 4.63. The fourth-order valence-electron chi connectivity index (χ4n) is 1.82. The lowest BCUT2D eigenvalue weighted by Crippen LogP contribution is -2.38. The number of nitrogens with zero attached hydrogens (tertiary/aromatic N) is 1. The fourth-order valence-corrected chi connectivity index (χ4v) is 1.82. The molecule has 0 spiro atoms. The van der Waals surface area contributed by atoms with Crippen molar-refractivity contribution in [3.8, 4) is 0 Å². The van der Waals surface area contributed by atoms with Crippen LogP contribution in [0.1, 0.15) is 36.2 Å². The van der Waals surface area contributed by atoms with Gasteiger partial charge in [0.25, 0.3) is 0 Å². The van der Waals surface area contributed by atoms with E-state index >= 15 is 0 Å². The molecule has 6 heteroatoms. The Morgan fingerprint density at radius 2 is 1.86 bits per heavy atom. The molecule has 0 aliphatic heterocycles. The van der Waals surface area contributed by atoms with E-state index in [0.717, 1.165) is 38.4 Å². The molecule has 0 heterocycles. The van der Waals surface area contributed by atoms with Crippen LogP contribution in [0.5, 0.6) is 0 Å². The summed E-state index contributed by atoms with van der Waals surface area (Å²) in [7, 11) is 1.39. The Morgan fingerprint density at radius 1 is 1.18 bits per heavy atom. The van der Waals surface area contributed by atoms with Crippen molar-refractivity contribution in [2.45, 2.75) is 26.7 Å². The molecule has 0 unspecified atom stereocenters. The average molecular weight is 419 g/mol. The van der Waals surface area contributed by atoms with Gasteiger partial charge in [-0.15, -0.1) is 24.0 Å². The number of guanidine groups is 1. The van der Waals surface area contributed by atoms with Gasteiger partial charge in [0.2, 0.25) is 0 Å².